The molecule has 0 aromatic heterocycles. The lowest BCUT2D eigenvalue weighted by Crippen LogP contribution is -2.53. The maximum absolute atomic E-state index is 13.7. The van der Waals surface area contributed by atoms with Crippen molar-refractivity contribution in [2.45, 2.75) is 94.2 Å². The van der Waals surface area contributed by atoms with E-state index in [0.717, 1.165) is 71.3 Å². The number of amides is 1. The molecular formula is C25H43FN6O3. The smallest absolute Gasteiger partial charge is 0.223 e. The van der Waals surface area contributed by atoms with E-state index >= 15 is 0 Å². The average Bonchev–Trinajstić information content (AvgIpc) is 3.41. The Morgan fingerprint density at radius 3 is 2.91 bits per heavy atom. The summed E-state index contributed by atoms with van der Waals surface area (Å²) in [5.41, 5.74) is 7.09. The highest BCUT2D eigenvalue weighted by molar-refractivity contribution is 5.79. The summed E-state index contributed by atoms with van der Waals surface area (Å²) in [5.74, 6) is 0.977. The first kappa shape index (κ1) is 24.5. The van der Waals surface area contributed by atoms with Crippen LogP contribution in [0.3, 0.4) is 0 Å². The van der Waals surface area contributed by atoms with Gasteiger partial charge in [0.15, 0.2) is 0 Å². The third-order valence-electron chi connectivity index (χ3n) is 9.48. The van der Waals surface area contributed by atoms with Gasteiger partial charge in [0.25, 0.3) is 0 Å². The summed E-state index contributed by atoms with van der Waals surface area (Å²) in [6, 6.07) is 0.396. The van der Waals surface area contributed by atoms with Crippen LogP contribution >= 0.6 is 0 Å². The zero-order valence-corrected chi connectivity index (χ0v) is 20.7. The topological polar surface area (TPSA) is 98.9 Å². The first-order valence-corrected chi connectivity index (χ1v) is 14.0. The molecule has 9 unspecified atom stereocenters. The van der Waals surface area contributed by atoms with Gasteiger partial charge >= 0.3 is 0 Å². The van der Waals surface area contributed by atoms with Crippen molar-refractivity contribution in [1.29, 1.82) is 0 Å². The second-order valence-electron chi connectivity index (χ2n) is 11.6. The SMILES string of the molecule is O=C(N[C@@H]1COC2CC(F)CCC21)C1CCCC(NCC2NNC3C4CCNCC4OCCN23)C1. The van der Waals surface area contributed by atoms with E-state index in [2.05, 4.69) is 31.7 Å². The molecule has 0 radical (unpaired) electrons. The Hall–Kier alpha value is -0.880. The Bertz CT molecular complexity index is 748. The molecule has 2 aliphatic carbocycles. The Morgan fingerprint density at radius 2 is 1.97 bits per heavy atom. The molecule has 10 heteroatoms. The molecular weight excluding hydrogens is 451 g/mol. The Morgan fingerprint density at radius 1 is 1.03 bits per heavy atom. The summed E-state index contributed by atoms with van der Waals surface area (Å²) >= 11 is 0. The summed E-state index contributed by atoms with van der Waals surface area (Å²) in [5, 5.41) is 10.5. The van der Waals surface area contributed by atoms with Crippen molar-refractivity contribution in [2.24, 2.45) is 17.8 Å². The lowest BCUT2D eigenvalue weighted by atomic mass is 9.81. The number of nitrogens with one attached hydrogen (secondary N) is 5. The number of hydrazine groups is 1. The number of carbonyl (C=O) groups excluding carboxylic acids is 1. The maximum Gasteiger partial charge on any atom is 0.223 e. The van der Waals surface area contributed by atoms with Crippen molar-refractivity contribution in [1.82, 2.24) is 31.7 Å². The predicted molar refractivity (Wildman–Crippen MR) is 129 cm³/mol. The van der Waals surface area contributed by atoms with E-state index in [1.807, 2.05) is 0 Å². The first-order valence-electron chi connectivity index (χ1n) is 14.0. The van der Waals surface area contributed by atoms with Crippen molar-refractivity contribution in [3.05, 3.63) is 0 Å². The van der Waals surface area contributed by atoms with Crippen molar-refractivity contribution < 1.29 is 18.7 Å². The van der Waals surface area contributed by atoms with Gasteiger partial charge in [-0.1, -0.05) is 6.42 Å². The largest absolute Gasteiger partial charge is 0.376 e. The number of piperidine rings is 1. The van der Waals surface area contributed by atoms with Crippen molar-refractivity contribution in [3.8, 4) is 0 Å². The molecule has 0 aromatic rings. The highest BCUT2D eigenvalue weighted by atomic mass is 19.1. The summed E-state index contributed by atoms with van der Waals surface area (Å²) in [4.78, 5) is 15.7. The number of rotatable bonds is 5. The zero-order valence-electron chi connectivity index (χ0n) is 20.7. The van der Waals surface area contributed by atoms with Crippen molar-refractivity contribution in [3.63, 3.8) is 0 Å². The summed E-state index contributed by atoms with van der Waals surface area (Å²) in [6.07, 6.45) is 7.08. The van der Waals surface area contributed by atoms with E-state index in [-0.39, 0.29) is 42.2 Å². The van der Waals surface area contributed by atoms with Gasteiger partial charge in [-0.05, 0) is 45.1 Å². The van der Waals surface area contributed by atoms with Gasteiger partial charge in [-0.15, -0.1) is 0 Å². The van der Waals surface area contributed by atoms with Gasteiger partial charge in [0.05, 0.1) is 43.8 Å². The standard InChI is InChI=1S/C25H43FN6O3/c26-16-4-5-18-20(14-35-21(18)11-16)29-25(33)15-2-1-3-17(10-15)28-13-23-30-31-24-19-6-7-27-12-22(19)34-9-8-32(23)24/h15-24,27-28,30-31H,1-14H2,(H,29,33)/t15?,16?,17?,18?,19?,20-,21?,22?,23?,24?/m1/s1. The molecule has 4 aliphatic heterocycles. The van der Waals surface area contributed by atoms with Crippen LogP contribution < -0.4 is 26.8 Å². The van der Waals surface area contributed by atoms with E-state index in [0.29, 0.717) is 37.6 Å². The quantitative estimate of drug-likeness (QED) is 0.371. The number of nitrogens with zero attached hydrogens (tertiary/aromatic N) is 1. The summed E-state index contributed by atoms with van der Waals surface area (Å²) < 4.78 is 25.7. The minimum absolute atomic E-state index is 0.0225. The number of fused-ring (bicyclic) bond motifs is 4. The molecule has 6 aliphatic rings. The number of carbonyl (C=O) groups is 1. The highest BCUT2D eigenvalue weighted by Gasteiger charge is 2.45. The second kappa shape index (κ2) is 10.8. The van der Waals surface area contributed by atoms with Gasteiger partial charge in [-0.2, -0.15) is 0 Å². The fourth-order valence-corrected chi connectivity index (χ4v) is 7.51. The lowest BCUT2D eigenvalue weighted by Gasteiger charge is -2.36. The minimum atomic E-state index is -0.751. The molecule has 0 bridgehead atoms. The molecule has 198 valence electrons. The van der Waals surface area contributed by atoms with Crippen LogP contribution in [0.1, 0.15) is 51.4 Å². The second-order valence-corrected chi connectivity index (χ2v) is 11.6. The Kier molecular flexibility index (Phi) is 7.58. The molecule has 10 atom stereocenters. The lowest BCUT2D eigenvalue weighted by molar-refractivity contribution is -0.127. The molecule has 4 heterocycles. The fourth-order valence-electron chi connectivity index (χ4n) is 7.51. The van der Waals surface area contributed by atoms with E-state index in [1.165, 1.54) is 0 Å². The molecule has 6 fully saturated rings. The number of halogens is 1. The van der Waals surface area contributed by atoms with Gasteiger partial charge in [0, 0.05) is 49.9 Å². The van der Waals surface area contributed by atoms with Crippen LogP contribution in [0.2, 0.25) is 0 Å². The number of hydrogen-bond donors (Lipinski definition) is 5. The first-order chi connectivity index (χ1) is 17.2. The van der Waals surface area contributed by atoms with Crippen LogP contribution in [-0.4, -0.2) is 93.0 Å². The van der Waals surface area contributed by atoms with Gasteiger partial charge in [-0.3, -0.25) is 9.69 Å². The van der Waals surface area contributed by atoms with Crippen LogP contribution in [0.15, 0.2) is 0 Å². The molecule has 0 spiro atoms. The Balaban J connectivity index is 0.984. The number of ether oxygens (including phenoxy) is 2. The third-order valence-corrected chi connectivity index (χ3v) is 9.48. The highest BCUT2D eigenvalue weighted by Crippen LogP contribution is 2.36. The summed E-state index contributed by atoms with van der Waals surface area (Å²) in [6.45, 7) is 5.06. The van der Waals surface area contributed by atoms with E-state index in [4.69, 9.17) is 9.47 Å². The van der Waals surface area contributed by atoms with Crippen molar-refractivity contribution in [2.75, 3.05) is 39.4 Å². The van der Waals surface area contributed by atoms with E-state index in [1.54, 1.807) is 0 Å². The van der Waals surface area contributed by atoms with E-state index < -0.39 is 6.17 Å². The fraction of sp³-hybridized carbons (Fsp3) is 0.960. The van der Waals surface area contributed by atoms with Gasteiger partial charge in [0.1, 0.15) is 6.17 Å². The van der Waals surface area contributed by atoms with Crippen LogP contribution in [0, 0.1) is 17.8 Å². The molecule has 4 saturated heterocycles. The molecule has 35 heavy (non-hydrogen) atoms. The zero-order chi connectivity index (χ0) is 23.8. The van der Waals surface area contributed by atoms with Crippen molar-refractivity contribution >= 4 is 5.91 Å². The number of hydrogen-bond acceptors (Lipinski definition) is 8. The maximum atomic E-state index is 13.7. The van der Waals surface area contributed by atoms with Gasteiger partial charge in [-0.25, -0.2) is 15.2 Å². The Labute approximate surface area is 207 Å². The van der Waals surface area contributed by atoms with Crippen LogP contribution in [0.5, 0.6) is 0 Å². The third kappa shape index (κ3) is 5.26. The van der Waals surface area contributed by atoms with Crippen LogP contribution in [0.4, 0.5) is 4.39 Å². The summed E-state index contributed by atoms with van der Waals surface area (Å²) in [7, 11) is 0. The predicted octanol–water partition coefficient (Wildman–Crippen LogP) is 0.227. The van der Waals surface area contributed by atoms with Gasteiger partial charge < -0.3 is 25.4 Å². The molecule has 1 amide bonds. The average molecular weight is 495 g/mol. The molecule has 0 aromatic carbocycles. The number of alkyl halides is 1. The van der Waals surface area contributed by atoms with E-state index in [9.17, 15) is 9.18 Å². The monoisotopic (exact) mass is 494 g/mol. The molecule has 2 saturated carbocycles. The normalized spacial score (nSPS) is 46.3. The van der Waals surface area contributed by atoms with Crippen LogP contribution in [0.25, 0.3) is 0 Å². The van der Waals surface area contributed by atoms with Crippen LogP contribution in [-0.2, 0) is 14.3 Å². The minimum Gasteiger partial charge on any atom is -0.376 e. The molecule has 5 N–H and O–H groups in total. The molecule has 9 nitrogen and oxygen atoms in total. The molecule has 6 rings (SSSR count). The van der Waals surface area contributed by atoms with Gasteiger partial charge in [0.2, 0.25) is 5.91 Å².